The first kappa shape index (κ1) is 13.6. The average Bonchev–Trinajstić information content (AvgIpc) is 2.48. The standard InChI is InChI=1S/C17H19N3O/c1-12-6-5-7-13(10-12)15-11-16(21)20-17(19-15)18-14-8-3-2-4-9-14/h2-10,15,17-19H,11H2,1H3,(H,20,21). The number of hydrogen-bond acceptors (Lipinski definition) is 3. The summed E-state index contributed by atoms with van der Waals surface area (Å²) >= 11 is 0. The summed E-state index contributed by atoms with van der Waals surface area (Å²) < 4.78 is 0. The fraction of sp³-hybridized carbons (Fsp3) is 0.235. The van der Waals surface area contributed by atoms with E-state index in [4.69, 9.17) is 0 Å². The first-order valence-electron chi connectivity index (χ1n) is 7.14. The summed E-state index contributed by atoms with van der Waals surface area (Å²) in [6, 6.07) is 18.1. The smallest absolute Gasteiger partial charge is 0.224 e. The molecular weight excluding hydrogens is 262 g/mol. The van der Waals surface area contributed by atoms with Crippen LogP contribution in [0.25, 0.3) is 0 Å². The van der Waals surface area contributed by atoms with Crippen molar-refractivity contribution in [2.24, 2.45) is 0 Å². The number of amides is 1. The van der Waals surface area contributed by atoms with E-state index in [9.17, 15) is 4.79 Å². The number of para-hydroxylation sites is 1. The normalized spacial score (nSPS) is 21.7. The van der Waals surface area contributed by atoms with Gasteiger partial charge in [-0.15, -0.1) is 0 Å². The summed E-state index contributed by atoms with van der Waals surface area (Å²) in [6.07, 6.45) is 0.190. The predicted octanol–water partition coefficient (Wildman–Crippen LogP) is 2.54. The fourth-order valence-corrected chi connectivity index (χ4v) is 2.59. The maximum absolute atomic E-state index is 11.9. The third-order valence-corrected chi connectivity index (χ3v) is 3.59. The van der Waals surface area contributed by atoms with Gasteiger partial charge >= 0.3 is 0 Å². The van der Waals surface area contributed by atoms with Gasteiger partial charge in [-0.25, -0.2) is 0 Å². The molecule has 0 aliphatic carbocycles. The van der Waals surface area contributed by atoms with Crippen LogP contribution in [0.1, 0.15) is 23.6 Å². The van der Waals surface area contributed by atoms with Gasteiger partial charge in [-0.1, -0.05) is 48.0 Å². The van der Waals surface area contributed by atoms with E-state index < -0.39 is 0 Å². The molecule has 1 amide bonds. The quantitative estimate of drug-likeness (QED) is 0.810. The van der Waals surface area contributed by atoms with E-state index in [0.717, 1.165) is 11.3 Å². The Hall–Kier alpha value is -2.33. The number of carbonyl (C=O) groups excluding carboxylic acids is 1. The number of anilines is 1. The molecule has 2 unspecified atom stereocenters. The van der Waals surface area contributed by atoms with Gasteiger partial charge in [-0.2, -0.15) is 0 Å². The van der Waals surface area contributed by atoms with E-state index >= 15 is 0 Å². The first-order chi connectivity index (χ1) is 10.2. The molecule has 21 heavy (non-hydrogen) atoms. The zero-order valence-electron chi connectivity index (χ0n) is 12.0. The second-order valence-electron chi connectivity index (χ2n) is 5.35. The SMILES string of the molecule is Cc1cccc(C2CC(=O)NC(Nc3ccccc3)N2)c1. The van der Waals surface area contributed by atoms with Gasteiger partial charge in [-0.3, -0.25) is 10.1 Å². The Labute approximate surface area is 124 Å². The molecular formula is C17H19N3O. The summed E-state index contributed by atoms with van der Waals surface area (Å²) in [6.45, 7) is 2.06. The molecule has 2 aromatic rings. The van der Waals surface area contributed by atoms with Gasteiger partial charge in [-0.05, 0) is 24.6 Å². The average molecular weight is 281 g/mol. The number of aryl methyl sites for hydroxylation is 1. The van der Waals surface area contributed by atoms with Crippen molar-refractivity contribution < 1.29 is 4.79 Å². The van der Waals surface area contributed by atoms with E-state index in [1.807, 2.05) is 36.4 Å². The van der Waals surface area contributed by atoms with Crippen LogP contribution in [0, 0.1) is 6.92 Å². The molecule has 1 fully saturated rings. The molecule has 2 aromatic carbocycles. The number of benzene rings is 2. The van der Waals surface area contributed by atoms with Gasteiger partial charge in [0.05, 0.1) is 0 Å². The van der Waals surface area contributed by atoms with Crippen LogP contribution >= 0.6 is 0 Å². The van der Waals surface area contributed by atoms with E-state index in [1.165, 1.54) is 5.56 Å². The molecule has 0 radical (unpaired) electrons. The van der Waals surface area contributed by atoms with Crippen molar-refractivity contribution in [3.8, 4) is 0 Å². The largest absolute Gasteiger partial charge is 0.353 e. The van der Waals surface area contributed by atoms with Crippen molar-refractivity contribution >= 4 is 11.6 Å². The lowest BCUT2D eigenvalue weighted by Crippen LogP contribution is -2.56. The van der Waals surface area contributed by atoms with Crippen LogP contribution in [0.15, 0.2) is 54.6 Å². The molecule has 108 valence electrons. The monoisotopic (exact) mass is 281 g/mol. The van der Waals surface area contributed by atoms with Gasteiger partial charge in [0.25, 0.3) is 0 Å². The minimum Gasteiger partial charge on any atom is -0.353 e. The zero-order valence-corrected chi connectivity index (χ0v) is 12.0. The van der Waals surface area contributed by atoms with Gasteiger partial charge in [0, 0.05) is 18.2 Å². The Balaban J connectivity index is 1.74. The molecule has 3 N–H and O–H groups in total. The van der Waals surface area contributed by atoms with Crippen LogP contribution in [-0.2, 0) is 4.79 Å². The highest BCUT2D eigenvalue weighted by Gasteiger charge is 2.26. The Morgan fingerprint density at radius 2 is 1.90 bits per heavy atom. The van der Waals surface area contributed by atoms with E-state index in [-0.39, 0.29) is 18.2 Å². The minimum atomic E-state index is -0.265. The number of carbonyl (C=O) groups is 1. The van der Waals surface area contributed by atoms with Crippen LogP contribution in [0.2, 0.25) is 0 Å². The van der Waals surface area contributed by atoms with Crippen molar-refractivity contribution in [3.05, 3.63) is 65.7 Å². The van der Waals surface area contributed by atoms with Crippen molar-refractivity contribution in [2.75, 3.05) is 5.32 Å². The summed E-state index contributed by atoms with van der Waals surface area (Å²) in [5.74, 6) is 0.0497. The van der Waals surface area contributed by atoms with Crippen molar-refractivity contribution in [1.29, 1.82) is 0 Å². The lowest BCUT2D eigenvalue weighted by Gasteiger charge is -2.33. The van der Waals surface area contributed by atoms with Crippen LogP contribution in [0.3, 0.4) is 0 Å². The van der Waals surface area contributed by atoms with Crippen molar-refractivity contribution in [2.45, 2.75) is 25.7 Å². The predicted molar refractivity (Wildman–Crippen MR) is 83.7 cm³/mol. The van der Waals surface area contributed by atoms with Crippen LogP contribution in [-0.4, -0.2) is 12.2 Å². The molecule has 1 aliphatic heterocycles. The molecule has 0 spiro atoms. The first-order valence-corrected chi connectivity index (χ1v) is 7.14. The summed E-state index contributed by atoms with van der Waals surface area (Å²) in [5, 5.41) is 9.63. The lowest BCUT2D eigenvalue weighted by atomic mass is 10.00. The van der Waals surface area contributed by atoms with Gasteiger partial charge in [0.2, 0.25) is 5.91 Å². The Bertz CT molecular complexity index is 627. The zero-order chi connectivity index (χ0) is 14.7. The molecule has 3 rings (SSSR count). The molecule has 1 aliphatic rings. The van der Waals surface area contributed by atoms with Crippen LogP contribution in [0.4, 0.5) is 5.69 Å². The highest BCUT2D eigenvalue weighted by Crippen LogP contribution is 2.21. The summed E-state index contributed by atoms with van der Waals surface area (Å²) in [7, 11) is 0. The van der Waals surface area contributed by atoms with E-state index in [2.05, 4.69) is 41.1 Å². The number of nitrogens with one attached hydrogen (secondary N) is 3. The van der Waals surface area contributed by atoms with Gasteiger partial charge in [0.1, 0.15) is 0 Å². The second kappa shape index (κ2) is 5.97. The maximum Gasteiger partial charge on any atom is 0.224 e. The number of rotatable bonds is 3. The molecule has 0 bridgehead atoms. The second-order valence-corrected chi connectivity index (χ2v) is 5.35. The lowest BCUT2D eigenvalue weighted by molar-refractivity contribution is -0.124. The van der Waals surface area contributed by atoms with E-state index in [1.54, 1.807) is 0 Å². The number of hydrogen-bond donors (Lipinski definition) is 3. The molecule has 0 saturated carbocycles. The summed E-state index contributed by atoms with van der Waals surface area (Å²) in [4.78, 5) is 11.9. The molecule has 1 saturated heterocycles. The molecule has 0 aromatic heterocycles. The summed E-state index contributed by atoms with van der Waals surface area (Å²) in [5.41, 5.74) is 3.32. The third kappa shape index (κ3) is 3.41. The van der Waals surface area contributed by atoms with Crippen molar-refractivity contribution in [1.82, 2.24) is 10.6 Å². The topological polar surface area (TPSA) is 53.2 Å². The van der Waals surface area contributed by atoms with E-state index in [0.29, 0.717) is 6.42 Å². The Morgan fingerprint density at radius 3 is 2.67 bits per heavy atom. The van der Waals surface area contributed by atoms with Crippen LogP contribution in [0.5, 0.6) is 0 Å². The van der Waals surface area contributed by atoms with Gasteiger partial charge in [0.15, 0.2) is 6.29 Å². The molecule has 4 heteroatoms. The highest BCUT2D eigenvalue weighted by atomic mass is 16.2. The Morgan fingerprint density at radius 1 is 1.10 bits per heavy atom. The minimum absolute atomic E-state index is 0.0277. The Kier molecular flexibility index (Phi) is 3.88. The molecule has 2 atom stereocenters. The van der Waals surface area contributed by atoms with Crippen molar-refractivity contribution in [3.63, 3.8) is 0 Å². The van der Waals surface area contributed by atoms with Crippen LogP contribution < -0.4 is 16.0 Å². The fourth-order valence-electron chi connectivity index (χ4n) is 2.59. The molecule has 1 heterocycles. The van der Waals surface area contributed by atoms with Gasteiger partial charge < -0.3 is 10.6 Å². The maximum atomic E-state index is 11.9. The highest BCUT2D eigenvalue weighted by molar-refractivity contribution is 5.78. The molecule has 4 nitrogen and oxygen atoms in total. The third-order valence-electron chi connectivity index (χ3n) is 3.59.